The first-order valence-electron chi connectivity index (χ1n) is 12.2. The first-order chi connectivity index (χ1) is 17.0. The smallest absolute Gasteiger partial charge is 0.275 e. The number of carbonyl (C=O) groups is 2. The Bertz CT molecular complexity index is 1030. The van der Waals surface area contributed by atoms with Crippen molar-refractivity contribution >= 4 is 34.0 Å². The third kappa shape index (κ3) is 6.56. The molecular formula is C25H34FN5O3S. The molecule has 0 aliphatic carbocycles. The molecular weight excluding hydrogens is 469 g/mol. The molecule has 2 aromatic rings. The maximum absolute atomic E-state index is 13.0. The van der Waals surface area contributed by atoms with Crippen LogP contribution >= 0.6 is 11.3 Å². The van der Waals surface area contributed by atoms with Gasteiger partial charge in [0, 0.05) is 45.2 Å². The molecule has 2 saturated heterocycles. The summed E-state index contributed by atoms with van der Waals surface area (Å²) in [6, 6.07) is 5.54. The summed E-state index contributed by atoms with van der Waals surface area (Å²) in [6.45, 7) is 6.40. The molecule has 2 aliphatic rings. The molecule has 3 heterocycles. The summed E-state index contributed by atoms with van der Waals surface area (Å²) in [6.07, 6.45) is 2.53. The maximum atomic E-state index is 13.0. The van der Waals surface area contributed by atoms with Crippen molar-refractivity contribution < 1.29 is 18.7 Å². The Morgan fingerprint density at radius 3 is 2.80 bits per heavy atom. The number of benzene rings is 1. The molecule has 0 radical (unpaired) electrons. The van der Waals surface area contributed by atoms with Crippen molar-refractivity contribution in [3.8, 4) is 0 Å². The van der Waals surface area contributed by atoms with E-state index in [9.17, 15) is 14.0 Å². The van der Waals surface area contributed by atoms with Gasteiger partial charge in [0.25, 0.3) is 11.8 Å². The monoisotopic (exact) mass is 503 g/mol. The zero-order valence-electron chi connectivity index (χ0n) is 20.4. The van der Waals surface area contributed by atoms with E-state index in [1.807, 2.05) is 12.1 Å². The number of carbonyl (C=O) groups excluding carboxylic acids is 2. The van der Waals surface area contributed by atoms with E-state index in [1.165, 1.54) is 17.8 Å². The molecule has 2 aliphatic heterocycles. The van der Waals surface area contributed by atoms with E-state index in [2.05, 4.69) is 32.3 Å². The van der Waals surface area contributed by atoms with Crippen LogP contribution in [-0.2, 0) is 11.3 Å². The number of hydrogen-bond donors (Lipinski definition) is 2. The van der Waals surface area contributed by atoms with Crippen LogP contribution in [0.25, 0.3) is 0 Å². The van der Waals surface area contributed by atoms with Gasteiger partial charge in [0.15, 0.2) is 5.13 Å². The van der Waals surface area contributed by atoms with Gasteiger partial charge in [0.1, 0.15) is 5.69 Å². The van der Waals surface area contributed by atoms with Crippen LogP contribution in [0.1, 0.15) is 52.6 Å². The quantitative estimate of drug-likeness (QED) is 0.483. The normalized spacial score (nSPS) is 20.4. The van der Waals surface area contributed by atoms with Gasteiger partial charge in [-0.15, -0.1) is 11.3 Å². The Kier molecular flexibility index (Phi) is 8.69. The number of aromatic nitrogens is 1. The van der Waals surface area contributed by atoms with Crippen LogP contribution in [0.3, 0.4) is 0 Å². The molecule has 10 heteroatoms. The number of nitrogens with one attached hydrogen (secondary N) is 2. The zero-order valence-corrected chi connectivity index (χ0v) is 21.2. The third-order valence-corrected chi connectivity index (χ3v) is 7.46. The first-order valence-corrected chi connectivity index (χ1v) is 13.1. The third-order valence-electron chi connectivity index (χ3n) is 6.56. The van der Waals surface area contributed by atoms with Gasteiger partial charge in [0.2, 0.25) is 0 Å². The highest BCUT2D eigenvalue weighted by Gasteiger charge is 2.26. The Morgan fingerprint density at radius 1 is 1.23 bits per heavy atom. The minimum atomic E-state index is -0.495. The minimum Gasteiger partial charge on any atom is -0.380 e. The van der Waals surface area contributed by atoms with Crippen molar-refractivity contribution in [1.82, 2.24) is 15.2 Å². The predicted molar refractivity (Wildman–Crippen MR) is 136 cm³/mol. The van der Waals surface area contributed by atoms with E-state index >= 15 is 0 Å². The van der Waals surface area contributed by atoms with Gasteiger partial charge in [-0.25, -0.2) is 4.98 Å². The lowest BCUT2D eigenvalue weighted by Gasteiger charge is -2.17. The van der Waals surface area contributed by atoms with Crippen LogP contribution in [0.4, 0.5) is 15.2 Å². The van der Waals surface area contributed by atoms with Crippen molar-refractivity contribution in [3.63, 3.8) is 0 Å². The summed E-state index contributed by atoms with van der Waals surface area (Å²) in [5.74, 6) is -0.0260. The highest BCUT2D eigenvalue weighted by Crippen LogP contribution is 2.27. The topological polar surface area (TPSA) is 86.8 Å². The molecule has 0 saturated carbocycles. The van der Waals surface area contributed by atoms with E-state index in [4.69, 9.17) is 4.74 Å². The molecule has 1 aromatic carbocycles. The second-order valence-corrected chi connectivity index (χ2v) is 10.2. The fraction of sp³-hybridized carbons (Fsp3) is 0.560. The van der Waals surface area contributed by atoms with Crippen molar-refractivity contribution in [2.75, 3.05) is 56.7 Å². The number of halogens is 1. The van der Waals surface area contributed by atoms with E-state index in [0.29, 0.717) is 22.9 Å². The lowest BCUT2D eigenvalue weighted by molar-refractivity contribution is 0.0953. The number of hydrogen-bond acceptors (Lipinski definition) is 7. The average molecular weight is 504 g/mol. The van der Waals surface area contributed by atoms with Crippen molar-refractivity contribution in [2.45, 2.75) is 38.8 Å². The largest absolute Gasteiger partial charge is 0.380 e. The van der Waals surface area contributed by atoms with Crippen LogP contribution in [0.15, 0.2) is 23.6 Å². The van der Waals surface area contributed by atoms with Gasteiger partial charge in [0.05, 0.1) is 24.0 Å². The minimum absolute atomic E-state index is 0.178. The molecule has 0 spiro atoms. The number of thiazole rings is 1. The van der Waals surface area contributed by atoms with Crippen molar-refractivity contribution in [3.05, 3.63) is 40.4 Å². The lowest BCUT2D eigenvalue weighted by atomic mass is 10.1. The Labute approximate surface area is 209 Å². The summed E-state index contributed by atoms with van der Waals surface area (Å²) in [7, 11) is 1.71. The average Bonchev–Trinajstić information content (AvgIpc) is 3.61. The van der Waals surface area contributed by atoms with E-state index < -0.39 is 6.67 Å². The number of rotatable bonds is 10. The van der Waals surface area contributed by atoms with E-state index in [0.717, 1.165) is 49.8 Å². The fourth-order valence-electron chi connectivity index (χ4n) is 4.57. The molecule has 2 fully saturated rings. The van der Waals surface area contributed by atoms with Gasteiger partial charge in [-0.2, -0.15) is 0 Å². The number of ether oxygens (including phenoxy) is 1. The molecule has 35 heavy (non-hydrogen) atoms. The van der Waals surface area contributed by atoms with Gasteiger partial charge < -0.3 is 20.3 Å². The molecule has 190 valence electrons. The van der Waals surface area contributed by atoms with Crippen LogP contribution in [0.5, 0.6) is 0 Å². The van der Waals surface area contributed by atoms with Crippen molar-refractivity contribution in [2.24, 2.45) is 5.92 Å². The number of likely N-dealkylation sites (tertiary alicyclic amines) is 1. The molecule has 0 unspecified atom stereocenters. The molecule has 2 amide bonds. The van der Waals surface area contributed by atoms with Crippen LogP contribution in [0.2, 0.25) is 0 Å². The fourth-order valence-corrected chi connectivity index (χ4v) is 5.42. The van der Waals surface area contributed by atoms with Crippen LogP contribution in [0, 0.1) is 5.92 Å². The standard InChI is InChI=1S/C25H34FN5O3S/c1-17-6-10-30(13-17)14-18-4-5-21(20(12-18)23(32)27-9-3-8-26)28-24(33)22-16-35-25(29-22)31-11-7-19(15-31)34-2/h4-5,12,16-17,19H,3,6-11,13-15H2,1-2H3,(H,27,32)(H,28,33)/t17-,19-/m0/s1. The van der Waals surface area contributed by atoms with E-state index in [1.54, 1.807) is 18.6 Å². The van der Waals surface area contributed by atoms with Gasteiger partial charge in [-0.1, -0.05) is 13.0 Å². The zero-order chi connectivity index (χ0) is 24.8. The number of alkyl halides is 1. The lowest BCUT2D eigenvalue weighted by Crippen LogP contribution is -2.27. The van der Waals surface area contributed by atoms with Crippen LogP contribution < -0.4 is 15.5 Å². The second-order valence-electron chi connectivity index (χ2n) is 9.37. The summed E-state index contributed by atoms with van der Waals surface area (Å²) < 4.78 is 18.0. The summed E-state index contributed by atoms with van der Waals surface area (Å²) >= 11 is 1.42. The highest BCUT2D eigenvalue weighted by atomic mass is 32.1. The molecule has 2 N–H and O–H groups in total. The Morgan fingerprint density at radius 2 is 2.09 bits per heavy atom. The molecule has 2 atom stereocenters. The first kappa shape index (κ1) is 25.5. The van der Waals surface area contributed by atoms with Gasteiger partial charge in [-0.3, -0.25) is 18.9 Å². The Hall–Kier alpha value is -2.56. The number of amides is 2. The second kappa shape index (κ2) is 11.9. The Balaban J connectivity index is 1.48. The molecule has 0 bridgehead atoms. The summed E-state index contributed by atoms with van der Waals surface area (Å²) in [5, 5.41) is 8.14. The van der Waals surface area contributed by atoms with Gasteiger partial charge in [-0.05, 0) is 49.4 Å². The number of nitrogens with zero attached hydrogens (tertiary/aromatic N) is 3. The maximum Gasteiger partial charge on any atom is 0.275 e. The van der Waals surface area contributed by atoms with E-state index in [-0.39, 0.29) is 30.9 Å². The highest BCUT2D eigenvalue weighted by molar-refractivity contribution is 7.14. The number of methoxy groups -OCH3 is 1. The SMILES string of the molecule is CO[C@H]1CCN(c2nc(C(=O)Nc3ccc(CN4CC[C@H](C)C4)cc3C(=O)NCCCF)cs2)C1. The van der Waals surface area contributed by atoms with Crippen LogP contribution in [-0.4, -0.2) is 74.3 Å². The molecule has 4 rings (SSSR count). The van der Waals surface area contributed by atoms with Gasteiger partial charge >= 0.3 is 0 Å². The molecule has 1 aromatic heterocycles. The molecule has 8 nitrogen and oxygen atoms in total. The van der Waals surface area contributed by atoms with Crippen molar-refractivity contribution in [1.29, 1.82) is 0 Å². The number of anilines is 2. The predicted octanol–water partition coefficient (Wildman–Crippen LogP) is 3.55. The summed E-state index contributed by atoms with van der Waals surface area (Å²) in [5.41, 5.74) is 2.11. The summed E-state index contributed by atoms with van der Waals surface area (Å²) in [4.78, 5) is 34.9.